The van der Waals surface area contributed by atoms with Crippen LogP contribution in [0.4, 0.5) is 0 Å². The summed E-state index contributed by atoms with van der Waals surface area (Å²) in [5.41, 5.74) is 20.8. The zero-order valence-electron chi connectivity index (χ0n) is 46.5. The molecule has 10 aromatic carbocycles. The van der Waals surface area contributed by atoms with Crippen molar-refractivity contribution >= 4 is 0 Å². The third-order valence-corrected chi connectivity index (χ3v) is 14.4. The summed E-state index contributed by atoms with van der Waals surface area (Å²) in [5.74, 6) is 0.498. The molecule has 0 saturated heterocycles. The van der Waals surface area contributed by atoms with Crippen molar-refractivity contribution in [2.24, 2.45) is 0 Å². The average molecular weight is 1020 g/mol. The van der Waals surface area contributed by atoms with Crippen LogP contribution in [0.25, 0.3) is 44.5 Å². The monoisotopic (exact) mass is 1020 g/mol. The molecule has 0 radical (unpaired) electrons. The van der Waals surface area contributed by atoms with Gasteiger partial charge in [-0.2, -0.15) is 0 Å². The Hall–Kier alpha value is -8.28. The number of aliphatic hydroxyl groups is 2. The molecule has 0 amide bonds. The summed E-state index contributed by atoms with van der Waals surface area (Å²) in [4.78, 5) is 0. The molecule has 0 bridgehead atoms. The van der Waals surface area contributed by atoms with Gasteiger partial charge in [0.15, 0.2) is 0 Å². The van der Waals surface area contributed by atoms with E-state index in [0.29, 0.717) is 0 Å². The van der Waals surface area contributed by atoms with Crippen molar-refractivity contribution in [3.63, 3.8) is 0 Å². The first-order chi connectivity index (χ1) is 37.6. The van der Waals surface area contributed by atoms with Crippen LogP contribution in [-0.2, 0) is 16.2 Å². The maximum atomic E-state index is 9.85. The van der Waals surface area contributed by atoms with Crippen LogP contribution < -0.4 is 0 Å². The number of fused-ring (bicyclic) bond motifs is 9. The number of aliphatic hydroxyl groups excluding tert-OH is 2. The smallest absolute Gasteiger partial charge is 0.115 e. The van der Waals surface area contributed by atoms with Gasteiger partial charge < -0.3 is 20.4 Å². The first-order valence-electron chi connectivity index (χ1n) is 26.8. The quantitative estimate of drug-likeness (QED) is 0.142. The average Bonchev–Trinajstić information content (AvgIpc) is 4.13. The van der Waals surface area contributed by atoms with Gasteiger partial charge >= 0.3 is 0 Å². The van der Waals surface area contributed by atoms with Gasteiger partial charge in [0, 0.05) is 25.0 Å². The molecule has 3 aliphatic carbocycles. The van der Waals surface area contributed by atoms with Gasteiger partial charge in [0.25, 0.3) is 0 Å². The highest BCUT2D eigenvalue weighted by Crippen LogP contribution is 2.56. The molecule has 0 unspecified atom stereocenters. The van der Waals surface area contributed by atoms with Crippen molar-refractivity contribution in [3.8, 4) is 56.0 Å². The SMILES string of the molecule is CC.CC.CC1(C)c2ccccc2-c2ccccc21.CC1(C)c2ccccc2-c2ccccc21.CO.CO.Oc1ccc(C2(c3ccc(O)cc3)c3ccccc3-c3ccccc32)cc1.c1ccc(-c2ccccc2)cc1. The van der Waals surface area contributed by atoms with Gasteiger partial charge in [-0.25, -0.2) is 0 Å². The second-order valence-electron chi connectivity index (χ2n) is 19.1. The Bertz CT molecular complexity index is 3070. The molecule has 392 valence electrons. The van der Waals surface area contributed by atoms with Gasteiger partial charge in [0.1, 0.15) is 11.5 Å². The van der Waals surface area contributed by atoms with Gasteiger partial charge in [0.2, 0.25) is 0 Å². The number of rotatable bonds is 3. The number of benzene rings is 10. The van der Waals surface area contributed by atoms with E-state index in [0.717, 1.165) is 25.3 Å². The van der Waals surface area contributed by atoms with Crippen molar-refractivity contribution in [2.75, 3.05) is 14.2 Å². The Morgan fingerprint density at radius 3 is 0.675 bits per heavy atom. The van der Waals surface area contributed by atoms with E-state index in [2.05, 4.69) is 222 Å². The van der Waals surface area contributed by atoms with Gasteiger partial charge in [0.05, 0.1) is 5.41 Å². The van der Waals surface area contributed by atoms with E-state index < -0.39 is 5.41 Å². The fourth-order valence-corrected chi connectivity index (χ4v) is 11.0. The lowest BCUT2D eigenvalue weighted by molar-refractivity contribution is 0.399. The van der Waals surface area contributed by atoms with Crippen molar-refractivity contribution < 1.29 is 20.4 Å². The maximum Gasteiger partial charge on any atom is 0.115 e. The van der Waals surface area contributed by atoms with Gasteiger partial charge in [-0.05, 0) is 113 Å². The van der Waals surface area contributed by atoms with Crippen LogP contribution in [0.1, 0.15) is 99.9 Å². The minimum Gasteiger partial charge on any atom is -0.508 e. The first-order valence-corrected chi connectivity index (χ1v) is 26.8. The van der Waals surface area contributed by atoms with Gasteiger partial charge in [-0.15, -0.1) is 0 Å². The van der Waals surface area contributed by atoms with Crippen molar-refractivity contribution in [2.45, 2.75) is 71.6 Å². The lowest BCUT2D eigenvalue weighted by atomic mass is 9.68. The molecule has 4 heteroatoms. The molecule has 0 heterocycles. The van der Waals surface area contributed by atoms with Gasteiger partial charge in [-0.1, -0.05) is 286 Å². The second-order valence-corrected chi connectivity index (χ2v) is 19.1. The van der Waals surface area contributed by atoms with Crippen molar-refractivity contribution in [1.82, 2.24) is 0 Å². The normalized spacial score (nSPS) is 12.8. The molecule has 0 aliphatic heterocycles. The molecule has 0 saturated carbocycles. The van der Waals surface area contributed by atoms with E-state index >= 15 is 0 Å². The summed E-state index contributed by atoms with van der Waals surface area (Å²) in [5, 5.41) is 33.7. The van der Waals surface area contributed by atoms with Crippen LogP contribution in [-0.4, -0.2) is 34.6 Å². The Balaban J connectivity index is 0.000000167. The molecule has 77 heavy (non-hydrogen) atoms. The highest BCUT2D eigenvalue weighted by atomic mass is 16.3. The molecule has 10 aromatic rings. The topological polar surface area (TPSA) is 80.9 Å². The number of hydrogen-bond acceptors (Lipinski definition) is 4. The summed E-state index contributed by atoms with van der Waals surface area (Å²) >= 11 is 0. The molecule has 0 fully saturated rings. The zero-order chi connectivity index (χ0) is 55.6. The highest BCUT2D eigenvalue weighted by molar-refractivity contribution is 5.86. The van der Waals surface area contributed by atoms with Crippen molar-refractivity contribution in [1.29, 1.82) is 0 Å². The molecular weight excluding hydrogens is 941 g/mol. The first kappa shape index (κ1) is 58.0. The predicted molar refractivity (Wildman–Crippen MR) is 326 cm³/mol. The predicted octanol–water partition coefficient (Wildman–Crippen LogP) is 18.1. The second kappa shape index (κ2) is 27.0. The molecule has 0 aromatic heterocycles. The van der Waals surface area contributed by atoms with Crippen LogP contribution in [0.15, 0.2) is 255 Å². The fourth-order valence-electron chi connectivity index (χ4n) is 11.0. The zero-order valence-corrected chi connectivity index (χ0v) is 46.5. The Morgan fingerprint density at radius 1 is 0.234 bits per heavy atom. The number of aromatic hydroxyl groups is 2. The van der Waals surface area contributed by atoms with E-state index in [-0.39, 0.29) is 22.3 Å². The van der Waals surface area contributed by atoms with E-state index in [1.54, 1.807) is 24.3 Å². The standard InChI is InChI=1S/C25H18O2.2C15H14.C12H10.2C2H6.2CH4O/c26-19-13-9-17(10-14-19)25(18-11-15-20(27)16-12-18)23-7-3-1-5-21(23)22-6-2-4-8-24(22)25;2*1-15(2)13-9-5-3-7-11(13)12-8-4-6-10-14(12)15;1-3-7-11(8-4-1)12-9-5-2-6-10-12;4*1-2/h1-16,26-27H;2*3-10H,1-2H3;1-10H;2*1-2H3;2*2H,1H3. The maximum absolute atomic E-state index is 9.85. The number of phenolic OH excluding ortho intramolecular Hbond substituents is 2. The van der Waals surface area contributed by atoms with Crippen LogP contribution in [0.5, 0.6) is 11.5 Å². The highest BCUT2D eigenvalue weighted by Gasteiger charge is 2.46. The number of hydrogen-bond donors (Lipinski definition) is 4. The molecule has 0 spiro atoms. The minimum atomic E-state index is -0.491. The summed E-state index contributed by atoms with van der Waals surface area (Å²) in [6.07, 6.45) is 0. The lowest BCUT2D eigenvalue weighted by Crippen LogP contribution is -2.28. The van der Waals surface area contributed by atoms with E-state index in [4.69, 9.17) is 10.2 Å². The molecular formula is C73H76O4. The van der Waals surface area contributed by atoms with E-state index in [1.165, 1.54) is 77.9 Å². The van der Waals surface area contributed by atoms with E-state index in [9.17, 15) is 10.2 Å². The minimum absolute atomic E-state index is 0.160. The van der Waals surface area contributed by atoms with Gasteiger partial charge in [-0.3, -0.25) is 0 Å². The Morgan fingerprint density at radius 2 is 0.429 bits per heavy atom. The number of phenols is 2. The third kappa shape index (κ3) is 11.8. The lowest BCUT2D eigenvalue weighted by Gasteiger charge is -2.33. The van der Waals surface area contributed by atoms with Crippen molar-refractivity contribution in [3.05, 3.63) is 299 Å². The van der Waals surface area contributed by atoms with Crippen LogP contribution in [0.3, 0.4) is 0 Å². The molecule has 3 aliphatic rings. The van der Waals surface area contributed by atoms with Crippen LogP contribution in [0, 0.1) is 0 Å². The van der Waals surface area contributed by atoms with Crippen LogP contribution >= 0.6 is 0 Å². The Labute approximate surface area is 459 Å². The summed E-state index contributed by atoms with van der Waals surface area (Å²) < 4.78 is 0. The summed E-state index contributed by atoms with van der Waals surface area (Å²) in [6.45, 7) is 17.2. The molecule has 4 nitrogen and oxygen atoms in total. The molecule has 4 N–H and O–H groups in total. The van der Waals surface area contributed by atoms with E-state index in [1.807, 2.05) is 64.1 Å². The largest absolute Gasteiger partial charge is 0.508 e. The fraction of sp³-hybridized carbons (Fsp3) is 0.178. The third-order valence-electron chi connectivity index (χ3n) is 14.4. The Kier molecular flexibility index (Phi) is 20.3. The summed E-state index contributed by atoms with van der Waals surface area (Å²) in [6, 6.07) is 87.5. The van der Waals surface area contributed by atoms with Crippen LogP contribution in [0.2, 0.25) is 0 Å². The summed E-state index contributed by atoms with van der Waals surface area (Å²) in [7, 11) is 2.00. The molecule has 0 atom stereocenters. The molecule has 13 rings (SSSR count).